The van der Waals surface area contributed by atoms with Gasteiger partial charge < -0.3 is 20.3 Å². The van der Waals surface area contributed by atoms with Crippen LogP contribution < -0.4 is 5.32 Å². The summed E-state index contributed by atoms with van der Waals surface area (Å²) in [6.45, 7) is 4.99. The summed E-state index contributed by atoms with van der Waals surface area (Å²) in [5.74, 6) is -0.00524. The molecule has 0 aromatic heterocycles. The minimum absolute atomic E-state index is 0.0211. The van der Waals surface area contributed by atoms with Crippen molar-refractivity contribution in [3.63, 3.8) is 0 Å². The zero-order chi connectivity index (χ0) is 60.6. The SMILES string of the molecule is CCCCCCCC/C=C\CCCCCCCCCC(=O)OCCCCCCCCCCCCCCCCCCCCCCCCCCCCCCCCCCCCCCCC(=O)NC(CO)C(O)CCCCCCCCCCCCCCC. The number of nitrogens with one attached hydrogen (secondary N) is 1. The number of hydrogen-bond donors (Lipinski definition) is 3. The first-order valence-corrected chi connectivity index (χ1v) is 38.9. The molecule has 0 bridgehead atoms. The largest absolute Gasteiger partial charge is 0.466 e. The first-order valence-electron chi connectivity index (χ1n) is 38.9. The highest BCUT2D eigenvalue weighted by atomic mass is 16.5. The van der Waals surface area contributed by atoms with Gasteiger partial charge in [0.1, 0.15) is 0 Å². The minimum Gasteiger partial charge on any atom is -0.466 e. The van der Waals surface area contributed by atoms with E-state index in [1.807, 2.05) is 0 Å². The molecule has 2 unspecified atom stereocenters. The second-order valence-electron chi connectivity index (χ2n) is 27.0. The first kappa shape index (κ1) is 82.6. The monoisotopic (exact) mass is 1180 g/mol. The van der Waals surface area contributed by atoms with E-state index in [0.717, 1.165) is 38.5 Å². The topological polar surface area (TPSA) is 95.9 Å². The van der Waals surface area contributed by atoms with Crippen molar-refractivity contribution in [3.05, 3.63) is 12.2 Å². The van der Waals surface area contributed by atoms with Gasteiger partial charge in [0, 0.05) is 12.8 Å². The van der Waals surface area contributed by atoms with E-state index in [4.69, 9.17) is 4.74 Å². The van der Waals surface area contributed by atoms with Crippen LogP contribution in [-0.4, -0.2) is 47.4 Å². The molecule has 500 valence electrons. The molecule has 0 rings (SSSR count). The molecule has 0 aliphatic rings. The van der Waals surface area contributed by atoms with Crippen LogP contribution in [0.3, 0.4) is 0 Å². The van der Waals surface area contributed by atoms with Crippen LogP contribution in [0.15, 0.2) is 12.2 Å². The molecule has 0 spiro atoms. The smallest absolute Gasteiger partial charge is 0.305 e. The molecule has 0 aliphatic carbocycles. The number of carbonyl (C=O) groups is 2. The standard InChI is InChI=1S/C78H153NO5/c1-3-5-7-9-11-13-15-17-18-40-44-48-52-56-60-64-68-72-78(83)84-73-69-65-61-57-53-49-45-42-39-37-35-33-31-29-27-25-23-21-19-20-22-24-26-28-30-32-34-36-38-41-43-47-51-55-59-63-67-71-77(82)79-75(74-80)76(81)70-66-62-58-54-50-46-16-14-12-10-8-6-4-2/h17-18,75-76,80-81H,3-16,19-74H2,1-2H3,(H,79,82)/b18-17-. The van der Waals surface area contributed by atoms with E-state index in [2.05, 4.69) is 31.3 Å². The van der Waals surface area contributed by atoms with Crippen molar-refractivity contribution in [1.82, 2.24) is 5.32 Å². The molecular formula is C78H153NO5. The normalized spacial score (nSPS) is 12.5. The number of unbranched alkanes of at least 4 members (excludes halogenated alkanes) is 61. The van der Waals surface area contributed by atoms with Gasteiger partial charge in [-0.05, 0) is 51.4 Å². The predicted molar refractivity (Wildman–Crippen MR) is 370 cm³/mol. The number of rotatable bonds is 74. The molecule has 0 aromatic carbocycles. The Morgan fingerprint density at radius 3 is 0.845 bits per heavy atom. The Morgan fingerprint density at radius 1 is 0.321 bits per heavy atom. The lowest BCUT2D eigenvalue weighted by molar-refractivity contribution is -0.143. The van der Waals surface area contributed by atoms with Crippen molar-refractivity contribution < 1.29 is 24.5 Å². The summed E-state index contributed by atoms with van der Waals surface area (Å²) in [7, 11) is 0. The summed E-state index contributed by atoms with van der Waals surface area (Å²) in [5.41, 5.74) is 0. The molecule has 0 radical (unpaired) electrons. The third kappa shape index (κ3) is 69.7. The van der Waals surface area contributed by atoms with Crippen molar-refractivity contribution in [2.24, 2.45) is 0 Å². The van der Waals surface area contributed by atoms with Crippen LogP contribution in [0.25, 0.3) is 0 Å². The van der Waals surface area contributed by atoms with Crippen molar-refractivity contribution in [2.45, 2.75) is 463 Å². The zero-order valence-corrected chi connectivity index (χ0v) is 57.4. The second kappa shape index (κ2) is 74.1. The molecule has 6 nitrogen and oxygen atoms in total. The van der Waals surface area contributed by atoms with Crippen LogP contribution in [0.4, 0.5) is 0 Å². The van der Waals surface area contributed by atoms with Gasteiger partial charge in [0.25, 0.3) is 0 Å². The van der Waals surface area contributed by atoms with E-state index < -0.39 is 12.1 Å². The van der Waals surface area contributed by atoms with Gasteiger partial charge in [-0.15, -0.1) is 0 Å². The number of ether oxygens (including phenoxy) is 1. The maximum atomic E-state index is 12.5. The van der Waals surface area contributed by atoms with Crippen LogP contribution in [-0.2, 0) is 14.3 Å². The molecule has 3 N–H and O–H groups in total. The van der Waals surface area contributed by atoms with E-state index in [1.54, 1.807) is 0 Å². The van der Waals surface area contributed by atoms with Gasteiger partial charge in [0.2, 0.25) is 5.91 Å². The molecule has 0 fully saturated rings. The molecule has 84 heavy (non-hydrogen) atoms. The number of hydrogen-bond acceptors (Lipinski definition) is 5. The van der Waals surface area contributed by atoms with Gasteiger partial charge in [-0.1, -0.05) is 398 Å². The molecule has 2 atom stereocenters. The summed E-state index contributed by atoms with van der Waals surface area (Å²) < 4.78 is 5.51. The van der Waals surface area contributed by atoms with Gasteiger partial charge in [0.15, 0.2) is 0 Å². The quantitative estimate of drug-likeness (QED) is 0.0320. The number of aliphatic hydroxyl groups excluding tert-OH is 2. The van der Waals surface area contributed by atoms with Gasteiger partial charge in [-0.25, -0.2) is 0 Å². The van der Waals surface area contributed by atoms with Crippen LogP contribution >= 0.6 is 0 Å². The number of amides is 1. The van der Waals surface area contributed by atoms with Crippen LogP contribution in [0.2, 0.25) is 0 Å². The Bertz CT molecular complexity index is 1270. The van der Waals surface area contributed by atoms with Crippen LogP contribution in [0.5, 0.6) is 0 Å². The third-order valence-corrected chi connectivity index (χ3v) is 18.6. The highest BCUT2D eigenvalue weighted by Crippen LogP contribution is 2.20. The third-order valence-electron chi connectivity index (χ3n) is 18.6. The van der Waals surface area contributed by atoms with Gasteiger partial charge in [0.05, 0.1) is 25.4 Å². The van der Waals surface area contributed by atoms with Crippen LogP contribution in [0, 0.1) is 0 Å². The fourth-order valence-electron chi connectivity index (χ4n) is 12.6. The first-order chi connectivity index (χ1) is 41.5. The van der Waals surface area contributed by atoms with Gasteiger partial charge >= 0.3 is 5.97 Å². The fraction of sp³-hybridized carbons (Fsp3) is 0.949. The second-order valence-corrected chi connectivity index (χ2v) is 27.0. The summed E-state index contributed by atoms with van der Waals surface area (Å²) in [5, 5.41) is 23.3. The van der Waals surface area contributed by atoms with E-state index in [0.29, 0.717) is 25.9 Å². The summed E-state index contributed by atoms with van der Waals surface area (Å²) in [4.78, 5) is 24.6. The minimum atomic E-state index is -0.659. The number of esters is 1. The van der Waals surface area contributed by atoms with Crippen LogP contribution in [0.1, 0.15) is 450 Å². The average molecular weight is 1190 g/mol. The highest BCUT2D eigenvalue weighted by molar-refractivity contribution is 5.76. The van der Waals surface area contributed by atoms with E-state index in [1.165, 1.54) is 379 Å². The van der Waals surface area contributed by atoms with E-state index >= 15 is 0 Å². The van der Waals surface area contributed by atoms with Gasteiger partial charge in [-0.2, -0.15) is 0 Å². The molecule has 6 heteroatoms. The lowest BCUT2D eigenvalue weighted by Gasteiger charge is -2.22. The Hall–Kier alpha value is -1.40. The fourth-order valence-corrected chi connectivity index (χ4v) is 12.6. The summed E-state index contributed by atoms with van der Waals surface area (Å²) >= 11 is 0. The Kier molecular flexibility index (Phi) is 72.8. The zero-order valence-electron chi connectivity index (χ0n) is 57.4. The molecule has 1 amide bonds. The van der Waals surface area contributed by atoms with E-state index in [9.17, 15) is 19.8 Å². The molecule has 0 aliphatic heterocycles. The lowest BCUT2D eigenvalue weighted by Crippen LogP contribution is -2.45. The number of carbonyl (C=O) groups excluding carboxylic acids is 2. The molecule has 0 aromatic rings. The molecule has 0 heterocycles. The number of aliphatic hydroxyl groups is 2. The summed E-state index contributed by atoms with van der Waals surface area (Å²) in [6, 6.07) is -0.535. The highest BCUT2D eigenvalue weighted by Gasteiger charge is 2.20. The van der Waals surface area contributed by atoms with Gasteiger partial charge in [-0.3, -0.25) is 9.59 Å². The van der Waals surface area contributed by atoms with E-state index in [-0.39, 0.29) is 18.5 Å². The maximum Gasteiger partial charge on any atom is 0.305 e. The Balaban J connectivity index is 3.27. The Morgan fingerprint density at radius 2 is 0.560 bits per heavy atom. The summed E-state index contributed by atoms with van der Waals surface area (Å²) in [6.07, 6.45) is 93.1. The molecular weight excluding hydrogens is 1030 g/mol. The maximum absolute atomic E-state index is 12.5. The predicted octanol–water partition coefficient (Wildman–Crippen LogP) is 25.5. The van der Waals surface area contributed by atoms with Crippen molar-refractivity contribution in [1.29, 1.82) is 0 Å². The molecule has 0 saturated heterocycles. The Labute approximate surface area is 527 Å². The van der Waals surface area contributed by atoms with Crippen molar-refractivity contribution in [3.8, 4) is 0 Å². The number of allylic oxidation sites excluding steroid dienone is 2. The average Bonchev–Trinajstić information content (AvgIpc) is 3.54. The van der Waals surface area contributed by atoms with Crippen molar-refractivity contribution >= 4 is 11.9 Å². The van der Waals surface area contributed by atoms with Crippen molar-refractivity contribution in [2.75, 3.05) is 13.2 Å². The molecule has 0 saturated carbocycles. The lowest BCUT2D eigenvalue weighted by atomic mass is 10.0.